The summed E-state index contributed by atoms with van der Waals surface area (Å²) in [4.78, 5) is 14.6. The molecule has 1 aliphatic heterocycles. The molecular formula is C21H26N2O3S. The third-order valence-corrected chi connectivity index (χ3v) is 6.67. The predicted molar refractivity (Wildman–Crippen MR) is 106 cm³/mol. The zero-order chi connectivity index (χ0) is 19.4. The van der Waals surface area contributed by atoms with Crippen molar-refractivity contribution in [1.29, 1.82) is 0 Å². The Morgan fingerprint density at radius 2 is 1.63 bits per heavy atom. The Kier molecular flexibility index (Phi) is 5.97. The Hall–Kier alpha value is -2.18. The first-order chi connectivity index (χ1) is 12.9. The molecule has 6 heteroatoms. The second-order valence-corrected chi connectivity index (χ2v) is 8.97. The smallest absolute Gasteiger partial charge is 0.253 e. The SMILES string of the molecule is CC1CCN(C(=O)c2ccc(S(=O)(=O)NC(C)c3ccccc3)cc2)CC1. The second-order valence-electron chi connectivity index (χ2n) is 7.25. The highest BCUT2D eigenvalue weighted by molar-refractivity contribution is 7.89. The third kappa shape index (κ3) is 4.76. The van der Waals surface area contributed by atoms with Crippen LogP contribution >= 0.6 is 0 Å². The van der Waals surface area contributed by atoms with Crippen LogP contribution in [-0.2, 0) is 10.0 Å². The zero-order valence-corrected chi connectivity index (χ0v) is 16.6. The van der Waals surface area contributed by atoms with Crippen molar-refractivity contribution < 1.29 is 13.2 Å². The lowest BCUT2D eigenvalue weighted by Gasteiger charge is -2.30. The van der Waals surface area contributed by atoms with Crippen LogP contribution in [0.3, 0.4) is 0 Å². The number of benzene rings is 2. The quantitative estimate of drug-likeness (QED) is 0.854. The van der Waals surface area contributed by atoms with Gasteiger partial charge in [-0.1, -0.05) is 37.3 Å². The molecule has 0 aromatic heterocycles. The standard InChI is InChI=1S/C21H26N2O3S/c1-16-12-14-23(15-13-16)21(24)19-8-10-20(11-9-19)27(25,26)22-17(2)18-6-4-3-5-7-18/h3-11,16-17,22H,12-15H2,1-2H3. The molecule has 1 unspecified atom stereocenters. The minimum absolute atomic E-state index is 0.0311. The number of rotatable bonds is 5. The molecule has 2 aromatic rings. The van der Waals surface area contributed by atoms with E-state index in [0.717, 1.165) is 31.5 Å². The maximum atomic E-state index is 12.6. The Labute approximate surface area is 161 Å². The van der Waals surface area contributed by atoms with Crippen molar-refractivity contribution in [3.8, 4) is 0 Å². The van der Waals surface area contributed by atoms with Crippen LogP contribution in [0.4, 0.5) is 0 Å². The number of hydrogen-bond acceptors (Lipinski definition) is 3. The van der Waals surface area contributed by atoms with Gasteiger partial charge in [-0.25, -0.2) is 13.1 Å². The summed E-state index contributed by atoms with van der Waals surface area (Å²) in [5.74, 6) is 0.621. The molecule has 1 atom stereocenters. The van der Waals surface area contributed by atoms with Gasteiger partial charge in [0.15, 0.2) is 0 Å². The number of amides is 1. The van der Waals surface area contributed by atoms with E-state index in [-0.39, 0.29) is 16.8 Å². The molecule has 2 aromatic carbocycles. The Balaban J connectivity index is 1.69. The number of nitrogens with zero attached hydrogens (tertiary/aromatic N) is 1. The molecule has 0 saturated carbocycles. The lowest BCUT2D eigenvalue weighted by Crippen LogP contribution is -2.37. The van der Waals surface area contributed by atoms with E-state index in [1.807, 2.05) is 42.2 Å². The molecule has 5 nitrogen and oxygen atoms in total. The minimum atomic E-state index is -3.66. The third-order valence-electron chi connectivity index (χ3n) is 5.11. The van der Waals surface area contributed by atoms with Crippen LogP contribution in [0.2, 0.25) is 0 Å². The molecule has 144 valence electrons. The summed E-state index contributed by atoms with van der Waals surface area (Å²) >= 11 is 0. The van der Waals surface area contributed by atoms with Gasteiger partial charge in [0, 0.05) is 24.7 Å². The van der Waals surface area contributed by atoms with Crippen LogP contribution in [0.5, 0.6) is 0 Å². The van der Waals surface area contributed by atoms with Gasteiger partial charge in [0.1, 0.15) is 0 Å². The van der Waals surface area contributed by atoms with Gasteiger partial charge in [-0.3, -0.25) is 4.79 Å². The monoisotopic (exact) mass is 386 g/mol. The highest BCUT2D eigenvalue weighted by atomic mass is 32.2. The largest absolute Gasteiger partial charge is 0.339 e. The van der Waals surface area contributed by atoms with Gasteiger partial charge in [-0.2, -0.15) is 0 Å². The summed E-state index contributed by atoms with van der Waals surface area (Å²) in [5.41, 5.74) is 1.42. The summed E-state index contributed by atoms with van der Waals surface area (Å²) in [7, 11) is -3.66. The van der Waals surface area contributed by atoms with Gasteiger partial charge in [0.2, 0.25) is 10.0 Å². The summed E-state index contributed by atoms with van der Waals surface area (Å²) in [6, 6.07) is 15.3. The van der Waals surface area contributed by atoms with E-state index >= 15 is 0 Å². The minimum Gasteiger partial charge on any atom is -0.339 e. The molecule has 27 heavy (non-hydrogen) atoms. The van der Waals surface area contributed by atoms with Crippen molar-refractivity contribution >= 4 is 15.9 Å². The number of hydrogen-bond donors (Lipinski definition) is 1. The molecule has 1 aliphatic rings. The van der Waals surface area contributed by atoms with Crippen LogP contribution in [0.15, 0.2) is 59.5 Å². The van der Waals surface area contributed by atoms with E-state index < -0.39 is 10.0 Å². The van der Waals surface area contributed by atoms with Crippen molar-refractivity contribution in [1.82, 2.24) is 9.62 Å². The summed E-state index contributed by atoms with van der Waals surface area (Å²) in [6.07, 6.45) is 2.03. The first kappa shape index (κ1) is 19.6. The molecule has 0 bridgehead atoms. The van der Waals surface area contributed by atoms with Crippen molar-refractivity contribution in [3.05, 3.63) is 65.7 Å². The first-order valence-electron chi connectivity index (χ1n) is 9.33. The molecule has 0 aliphatic carbocycles. The van der Waals surface area contributed by atoms with Crippen LogP contribution in [0, 0.1) is 5.92 Å². The molecule has 1 saturated heterocycles. The van der Waals surface area contributed by atoms with Gasteiger partial charge < -0.3 is 4.90 Å². The fourth-order valence-electron chi connectivity index (χ4n) is 3.28. The fourth-order valence-corrected chi connectivity index (χ4v) is 4.51. The first-order valence-corrected chi connectivity index (χ1v) is 10.8. The van der Waals surface area contributed by atoms with Crippen molar-refractivity contribution in [2.24, 2.45) is 5.92 Å². The van der Waals surface area contributed by atoms with Gasteiger partial charge in [-0.15, -0.1) is 0 Å². The Morgan fingerprint density at radius 1 is 1.04 bits per heavy atom. The second kappa shape index (κ2) is 8.23. The normalized spacial score (nSPS) is 16.9. The highest BCUT2D eigenvalue weighted by Gasteiger charge is 2.23. The van der Waals surface area contributed by atoms with Crippen LogP contribution < -0.4 is 4.72 Å². The number of piperidine rings is 1. The van der Waals surface area contributed by atoms with Crippen LogP contribution in [0.25, 0.3) is 0 Å². The molecule has 1 N–H and O–H groups in total. The Morgan fingerprint density at radius 3 is 2.22 bits per heavy atom. The van der Waals surface area contributed by atoms with Crippen LogP contribution in [0.1, 0.15) is 48.7 Å². The molecule has 1 fully saturated rings. The van der Waals surface area contributed by atoms with E-state index in [0.29, 0.717) is 11.5 Å². The number of carbonyl (C=O) groups excluding carboxylic acids is 1. The van der Waals surface area contributed by atoms with Gasteiger partial charge >= 0.3 is 0 Å². The zero-order valence-electron chi connectivity index (χ0n) is 15.8. The molecule has 0 spiro atoms. The topological polar surface area (TPSA) is 66.5 Å². The van der Waals surface area contributed by atoms with Crippen molar-refractivity contribution in [2.75, 3.05) is 13.1 Å². The number of likely N-dealkylation sites (tertiary alicyclic amines) is 1. The highest BCUT2D eigenvalue weighted by Crippen LogP contribution is 2.20. The van der Waals surface area contributed by atoms with Gasteiger partial charge in [0.25, 0.3) is 5.91 Å². The van der Waals surface area contributed by atoms with Crippen molar-refractivity contribution in [2.45, 2.75) is 37.6 Å². The summed E-state index contributed by atoms with van der Waals surface area (Å²) in [5, 5.41) is 0. The lowest BCUT2D eigenvalue weighted by atomic mass is 9.98. The van der Waals surface area contributed by atoms with E-state index in [2.05, 4.69) is 11.6 Å². The lowest BCUT2D eigenvalue weighted by molar-refractivity contribution is 0.0697. The fraction of sp³-hybridized carbons (Fsp3) is 0.381. The molecular weight excluding hydrogens is 360 g/mol. The molecule has 1 amide bonds. The number of nitrogens with one attached hydrogen (secondary N) is 1. The van der Waals surface area contributed by atoms with Gasteiger partial charge in [-0.05, 0) is 55.5 Å². The average Bonchev–Trinajstić information content (AvgIpc) is 2.68. The number of carbonyl (C=O) groups is 1. The predicted octanol–water partition coefficient (Wildman–Crippen LogP) is 3.60. The van der Waals surface area contributed by atoms with Crippen molar-refractivity contribution in [3.63, 3.8) is 0 Å². The summed E-state index contributed by atoms with van der Waals surface area (Å²) in [6.45, 7) is 5.53. The molecule has 3 rings (SSSR count). The Bertz CT molecular complexity index is 871. The van der Waals surface area contributed by atoms with Gasteiger partial charge in [0.05, 0.1) is 4.90 Å². The van der Waals surface area contributed by atoms with E-state index in [9.17, 15) is 13.2 Å². The van der Waals surface area contributed by atoms with E-state index in [4.69, 9.17) is 0 Å². The van der Waals surface area contributed by atoms with E-state index in [1.165, 1.54) is 12.1 Å². The summed E-state index contributed by atoms with van der Waals surface area (Å²) < 4.78 is 27.9. The molecule has 1 heterocycles. The maximum absolute atomic E-state index is 12.6. The van der Waals surface area contributed by atoms with Crippen LogP contribution in [-0.4, -0.2) is 32.3 Å². The van der Waals surface area contributed by atoms with E-state index in [1.54, 1.807) is 12.1 Å². The maximum Gasteiger partial charge on any atom is 0.253 e. The average molecular weight is 387 g/mol. The molecule has 0 radical (unpaired) electrons. The number of sulfonamides is 1.